The first-order valence-corrected chi connectivity index (χ1v) is 8.11. The summed E-state index contributed by atoms with van der Waals surface area (Å²) < 4.78 is 6.36. The van der Waals surface area contributed by atoms with Crippen LogP contribution in [0.5, 0.6) is 0 Å². The maximum Gasteiger partial charge on any atom is 0.358 e. The number of rotatable bonds is 5. The zero-order chi connectivity index (χ0) is 17.1. The number of carbonyl (C=O) groups excluding carboxylic acids is 1. The fraction of sp³-hybridized carbons (Fsp3) is 0.188. The maximum absolute atomic E-state index is 12.7. The number of benzene rings is 1. The van der Waals surface area contributed by atoms with E-state index in [4.69, 9.17) is 9.57 Å². The molecular formula is C16H14N2O5S. The Bertz CT molecular complexity index is 934. The van der Waals surface area contributed by atoms with E-state index >= 15 is 0 Å². The van der Waals surface area contributed by atoms with E-state index in [9.17, 15) is 14.8 Å². The Morgan fingerprint density at radius 2 is 2.08 bits per heavy atom. The number of thiophene rings is 1. The zero-order valence-corrected chi connectivity index (χ0v) is 13.6. The summed E-state index contributed by atoms with van der Waals surface area (Å²) in [5.41, 5.74) is -0.130. The normalized spacial score (nSPS) is 10.7. The summed E-state index contributed by atoms with van der Waals surface area (Å²) in [6.07, 6.45) is 0. The third-order valence-corrected chi connectivity index (χ3v) is 4.16. The highest BCUT2D eigenvalue weighted by atomic mass is 32.1. The molecule has 1 aromatic carbocycles. The summed E-state index contributed by atoms with van der Waals surface area (Å²) in [7, 11) is 0. The molecule has 2 aromatic heterocycles. The minimum Gasteiger partial charge on any atom is -0.618 e. The minimum atomic E-state index is -0.629. The summed E-state index contributed by atoms with van der Waals surface area (Å²) in [6.45, 7) is 1.47. The number of aromatic nitrogens is 2. The molecule has 0 aliphatic carbocycles. The predicted molar refractivity (Wildman–Crippen MR) is 88.6 cm³/mol. The van der Waals surface area contributed by atoms with E-state index in [2.05, 4.69) is 0 Å². The summed E-state index contributed by atoms with van der Waals surface area (Å²) in [6, 6.07) is 9.96. The number of carbonyl (C=O) groups is 1. The van der Waals surface area contributed by atoms with E-state index in [1.54, 1.807) is 48.7 Å². The number of esters is 1. The van der Waals surface area contributed by atoms with Crippen molar-refractivity contribution in [2.75, 3.05) is 13.2 Å². The van der Waals surface area contributed by atoms with E-state index in [-0.39, 0.29) is 23.3 Å². The van der Waals surface area contributed by atoms with E-state index in [1.807, 2.05) is 0 Å². The second-order valence-corrected chi connectivity index (χ2v) is 5.73. The van der Waals surface area contributed by atoms with Crippen molar-refractivity contribution in [2.24, 2.45) is 0 Å². The number of para-hydroxylation sites is 2. The first-order valence-electron chi connectivity index (χ1n) is 7.23. The molecule has 3 rings (SSSR count). The zero-order valence-electron chi connectivity index (χ0n) is 12.8. The third kappa shape index (κ3) is 2.83. The number of hydrogen-bond acceptors (Lipinski definition) is 6. The highest BCUT2D eigenvalue weighted by molar-refractivity contribution is 7.13. The van der Waals surface area contributed by atoms with Gasteiger partial charge in [-0.2, -0.15) is 4.73 Å². The molecule has 0 spiro atoms. The molecule has 2 heterocycles. The van der Waals surface area contributed by atoms with Crippen LogP contribution in [-0.2, 0) is 9.53 Å². The Morgan fingerprint density at radius 3 is 2.79 bits per heavy atom. The van der Waals surface area contributed by atoms with Crippen molar-refractivity contribution in [2.45, 2.75) is 6.92 Å². The van der Waals surface area contributed by atoms with Crippen LogP contribution in [0.4, 0.5) is 0 Å². The molecule has 124 valence electrons. The molecule has 0 bridgehead atoms. The lowest BCUT2D eigenvalue weighted by atomic mass is 10.2. The van der Waals surface area contributed by atoms with Gasteiger partial charge in [-0.3, -0.25) is 4.79 Å². The second-order valence-electron chi connectivity index (χ2n) is 4.79. The van der Waals surface area contributed by atoms with Gasteiger partial charge in [0.15, 0.2) is 5.52 Å². The summed E-state index contributed by atoms with van der Waals surface area (Å²) in [5.74, 6) is -0.593. The molecular weight excluding hydrogens is 332 g/mol. The molecule has 24 heavy (non-hydrogen) atoms. The molecule has 0 aliphatic rings. The summed E-state index contributed by atoms with van der Waals surface area (Å²) in [4.78, 5) is 30.1. The van der Waals surface area contributed by atoms with Crippen molar-refractivity contribution >= 4 is 28.3 Å². The topological polar surface area (TPSA) is 84.5 Å². The molecule has 0 saturated heterocycles. The smallest absolute Gasteiger partial charge is 0.358 e. The monoisotopic (exact) mass is 346 g/mol. The number of nitrogens with zero attached hydrogens (tertiary/aromatic N) is 2. The van der Waals surface area contributed by atoms with Crippen LogP contribution in [0, 0.1) is 5.21 Å². The first kappa shape index (κ1) is 16.0. The number of hydrogen-bond donors (Lipinski definition) is 0. The lowest BCUT2D eigenvalue weighted by Crippen LogP contribution is -2.43. The molecule has 7 nitrogen and oxygen atoms in total. The molecule has 0 unspecified atom stereocenters. The molecule has 0 fully saturated rings. The van der Waals surface area contributed by atoms with Crippen LogP contribution in [-0.4, -0.2) is 23.9 Å². The van der Waals surface area contributed by atoms with E-state index in [0.29, 0.717) is 9.61 Å². The van der Waals surface area contributed by atoms with Crippen molar-refractivity contribution in [3.63, 3.8) is 0 Å². The molecule has 0 amide bonds. The lowest BCUT2D eigenvalue weighted by molar-refractivity contribution is -0.566. The van der Waals surface area contributed by atoms with Crippen LogP contribution >= 0.6 is 11.3 Å². The highest BCUT2D eigenvalue weighted by Gasteiger charge is 2.24. The standard InChI is InChI=1S/C16H14N2O5S/c1-2-22-14(19)10-23-18-12-7-4-3-6-11(12)17(21)15(16(18)20)13-8-5-9-24-13/h3-9H,2,10H2,1H3. The first-order chi connectivity index (χ1) is 11.6. The Balaban J connectivity index is 2.16. The van der Waals surface area contributed by atoms with Crippen molar-refractivity contribution in [1.29, 1.82) is 0 Å². The fourth-order valence-electron chi connectivity index (χ4n) is 2.29. The van der Waals surface area contributed by atoms with Gasteiger partial charge in [-0.1, -0.05) is 18.2 Å². The van der Waals surface area contributed by atoms with Crippen LogP contribution in [0.1, 0.15) is 6.92 Å². The molecule has 0 aliphatic heterocycles. The maximum atomic E-state index is 12.7. The van der Waals surface area contributed by atoms with Crippen LogP contribution in [0.2, 0.25) is 0 Å². The van der Waals surface area contributed by atoms with Gasteiger partial charge < -0.3 is 14.8 Å². The predicted octanol–water partition coefficient (Wildman–Crippen LogP) is 1.36. The van der Waals surface area contributed by atoms with Crippen molar-refractivity contribution in [3.05, 3.63) is 57.3 Å². The van der Waals surface area contributed by atoms with Crippen LogP contribution in [0.3, 0.4) is 0 Å². The van der Waals surface area contributed by atoms with Gasteiger partial charge >= 0.3 is 17.2 Å². The molecule has 3 aromatic rings. The van der Waals surface area contributed by atoms with Gasteiger partial charge in [0.2, 0.25) is 12.1 Å². The molecule has 0 saturated carbocycles. The van der Waals surface area contributed by atoms with Gasteiger partial charge in [0, 0.05) is 6.07 Å². The summed E-state index contributed by atoms with van der Waals surface area (Å²) >= 11 is 1.27. The van der Waals surface area contributed by atoms with E-state index in [1.165, 1.54) is 11.3 Å². The number of ether oxygens (including phenoxy) is 1. The second kappa shape index (κ2) is 6.71. The van der Waals surface area contributed by atoms with Crippen LogP contribution in [0.25, 0.3) is 21.6 Å². The molecule has 0 N–H and O–H groups in total. The van der Waals surface area contributed by atoms with Gasteiger partial charge in [-0.05, 0) is 24.4 Å². The van der Waals surface area contributed by atoms with Crippen molar-refractivity contribution in [1.82, 2.24) is 4.73 Å². The van der Waals surface area contributed by atoms with Crippen molar-refractivity contribution < 1.29 is 19.1 Å². The van der Waals surface area contributed by atoms with Gasteiger partial charge in [0.25, 0.3) is 0 Å². The summed E-state index contributed by atoms with van der Waals surface area (Å²) in [5, 5.41) is 14.4. The quantitative estimate of drug-likeness (QED) is 0.396. The highest BCUT2D eigenvalue weighted by Crippen LogP contribution is 2.20. The van der Waals surface area contributed by atoms with E-state index in [0.717, 1.165) is 4.73 Å². The Kier molecular flexibility index (Phi) is 4.48. The van der Waals surface area contributed by atoms with Crippen molar-refractivity contribution in [3.8, 4) is 10.6 Å². The SMILES string of the molecule is CCOC(=O)COn1c(=O)c(-c2cccs2)[n+]([O-])c2ccccc21. The van der Waals surface area contributed by atoms with E-state index < -0.39 is 18.1 Å². The minimum absolute atomic E-state index is 0.0486. The van der Waals surface area contributed by atoms with Gasteiger partial charge in [-0.25, -0.2) is 4.79 Å². The molecule has 0 radical (unpaired) electrons. The lowest BCUT2D eigenvalue weighted by Gasteiger charge is -2.13. The Hall–Kier alpha value is -2.87. The van der Waals surface area contributed by atoms with Crippen LogP contribution in [0.15, 0.2) is 46.6 Å². The average Bonchev–Trinajstić information content (AvgIpc) is 3.09. The van der Waals surface area contributed by atoms with Crippen LogP contribution < -0.4 is 15.1 Å². The van der Waals surface area contributed by atoms with Gasteiger partial charge in [0.1, 0.15) is 4.88 Å². The Morgan fingerprint density at radius 1 is 1.29 bits per heavy atom. The van der Waals surface area contributed by atoms with Gasteiger partial charge in [-0.15, -0.1) is 16.1 Å². The number of fused-ring (bicyclic) bond motifs is 1. The largest absolute Gasteiger partial charge is 0.618 e. The fourth-order valence-corrected chi connectivity index (χ4v) is 3.03. The van der Waals surface area contributed by atoms with Gasteiger partial charge in [0.05, 0.1) is 6.61 Å². The molecule has 8 heteroatoms. The third-order valence-electron chi connectivity index (χ3n) is 3.28. The molecule has 0 atom stereocenters. The average molecular weight is 346 g/mol. The Labute approximate surface area is 140 Å².